The first-order valence-electron chi connectivity index (χ1n) is 8.67. The van der Waals surface area contributed by atoms with Crippen LogP contribution in [0, 0.1) is 5.92 Å². The van der Waals surface area contributed by atoms with Crippen molar-refractivity contribution in [3.63, 3.8) is 0 Å². The van der Waals surface area contributed by atoms with Crippen LogP contribution < -0.4 is 15.4 Å². The summed E-state index contributed by atoms with van der Waals surface area (Å²) >= 11 is 6.31. The fourth-order valence-corrected chi connectivity index (χ4v) is 2.93. The standard InChI is InChI=1S/C18H23ClN4O3/c1-23-17(15(19)11-21-23)14-10-13(22-18(25)12-2-3-12)4-5-16(14)26-9-7-20-6-8-24/h4-5,10-12,20,24H,2-3,6-9H2,1H3,(H,22,25). The van der Waals surface area contributed by atoms with E-state index in [9.17, 15) is 4.79 Å². The Morgan fingerprint density at radius 1 is 1.42 bits per heavy atom. The van der Waals surface area contributed by atoms with Crippen molar-refractivity contribution in [1.82, 2.24) is 15.1 Å². The molecule has 1 aromatic carbocycles. The monoisotopic (exact) mass is 378 g/mol. The highest BCUT2D eigenvalue weighted by atomic mass is 35.5. The van der Waals surface area contributed by atoms with Crippen molar-refractivity contribution in [2.24, 2.45) is 13.0 Å². The molecule has 0 saturated heterocycles. The molecule has 0 unspecified atom stereocenters. The van der Waals surface area contributed by atoms with Crippen molar-refractivity contribution >= 4 is 23.2 Å². The van der Waals surface area contributed by atoms with Crippen molar-refractivity contribution in [3.05, 3.63) is 29.4 Å². The predicted molar refractivity (Wildman–Crippen MR) is 100 cm³/mol. The molecule has 2 aromatic rings. The van der Waals surface area contributed by atoms with Gasteiger partial charge in [0.25, 0.3) is 0 Å². The van der Waals surface area contributed by atoms with Crippen LogP contribution in [0.4, 0.5) is 5.69 Å². The molecule has 0 radical (unpaired) electrons. The number of carbonyl (C=O) groups is 1. The number of nitrogens with zero attached hydrogens (tertiary/aromatic N) is 2. The van der Waals surface area contributed by atoms with Crippen LogP contribution in [-0.4, -0.2) is 47.1 Å². The molecule has 1 aliphatic rings. The van der Waals surface area contributed by atoms with Gasteiger partial charge in [0, 0.05) is 37.3 Å². The summed E-state index contributed by atoms with van der Waals surface area (Å²) in [5.41, 5.74) is 2.21. The molecule has 7 nitrogen and oxygen atoms in total. The first kappa shape index (κ1) is 18.7. The largest absolute Gasteiger partial charge is 0.492 e. The minimum atomic E-state index is 0.0499. The third-order valence-electron chi connectivity index (χ3n) is 4.17. The minimum absolute atomic E-state index is 0.0499. The van der Waals surface area contributed by atoms with E-state index in [0.29, 0.717) is 36.2 Å². The van der Waals surface area contributed by atoms with Gasteiger partial charge in [0.05, 0.1) is 23.5 Å². The van der Waals surface area contributed by atoms with Crippen molar-refractivity contribution < 1.29 is 14.6 Å². The highest BCUT2D eigenvalue weighted by Crippen LogP contribution is 2.37. The van der Waals surface area contributed by atoms with Gasteiger partial charge in [-0.3, -0.25) is 9.48 Å². The number of halogens is 1. The van der Waals surface area contributed by atoms with E-state index < -0.39 is 0 Å². The molecule has 0 spiro atoms. The van der Waals surface area contributed by atoms with Gasteiger partial charge in [0.1, 0.15) is 12.4 Å². The smallest absolute Gasteiger partial charge is 0.227 e. The lowest BCUT2D eigenvalue weighted by Gasteiger charge is -2.15. The first-order valence-corrected chi connectivity index (χ1v) is 9.05. The zero-order valence-electron chi connectivity index (χ0n) is 14.7. The van der Waals surface area contributed by atoms with E-state index in [4.69, 9.17) is 21.4 Å². The Balaban J connectivity index is 1.81. The Bertz CT molecular complexity index is 754. The maximum Gasteiger partial charge on any atom is 0.227 e. The zero-order valence-corrected chi connectivity index (χ0v) is 15.4. The Labute approximate surface area is 157 Å². The fourth-order valence-electron chi connectivity index (χ4n) is 2.66. The average Bonchev–Trinajstić information content (AvgIpc) is 3.42. The normalized spacial score (nSPS) is 13.7. The number of aromatic nitrogens is 2. The lowest BCUT2D eigenvalue weighted by Crippen LogP contribution is -2.24. The highest BCUT2D eigenvalue weighted by Gasteiger charge is 2.29. The van der Waals surface area contributed by atoms with Gasteiger partial charge in [-0.2, -0.15) is 5.10 Å². The molecule has 0 aliphatic heterocycles. The molecule has 1 aromatic heterocycles. The quantitative estimate of drug-likeness (QED) is 0.581. The number of rotatable bonds is 9. The molecular formula is C18H23ClN4O3. The first-order chi connectivity index (χ1) is 12.6. The molecule has 26 heavy (non-hydrogen) atoms. The van der Waals surface area contributed by atoms with Gasteiger partial charge in [0.15, 0.2) is 0 Å². The Morgan fingerprint density at radius 2 is 2.23 bits per heavy atom. The van der Waals surface area contributed by atoms with Crippen LogP contribution >= 0.6 is 11.6 Å². The summed E-state index contributed by atoms with van der Waals surface area (Å²) in [7, 11) is 1.81. The number of hydrogen-bond acceptors (Lipinski definition) is 5. The number of aryl methyl sites for hydroxylation is 1. The number of ether oxygens (including phenoxy) is 1. The van der Waals surface area contributed by atoms with Gasteiger partial charge in [0.2, 0.25) is 5.91 Å². The van der Waals surface area contributed by atoms with Gasteiger partial charge in [-0.05, 0) is 31.0 Å². The summed E-state index contributed by atoms with van der Waals surface area (Å²) < 4.78 is 7.56. The van der Waals surface area contributed by atoms with Crippen LogP contribution in [0.5, 0.6) is 5.75 Å². The molecule has 3 rings (SSSR count). The van der Waals surface area contributed by atoms with Crippen LogP contribution in [0.25, 0.3) is 11.3 Å². The number of amides is 1. The number of aliphatic hydroxyl groups excluding tert-OH is 1. The number of benzene rings is 1. The van der Waals surface area contributed by atoms with Crippen molar-refractivity contribution in [3.8, 4) is 17.0 Å². The molecule has 1 aliphatic carbocycles. The van der Waals surface area contributed by atoms with E-state index in [1.54, 1.807) is 10.9 Å². The summed E-state index contributed by atoms with van der Waals surface area (Å²) in [6.45, 7) is 1.66. The van der Waals surface area contributed by atoms with Crippen molar-refractivity contribution in [2.75, 3.05) is 31.6 Å². The molecule has 1 fully saturated rings. The molecule has 0 atom stereocenters. The number of carbonyl (C=O) groups excluding carboxylic acids is 1. The Hall–Kier alpha value is -2.09. The highest BCUT2D eigenvalue weighted by molar-refractivity contribution is 6.33. The van der Waals surface area contributed by atoms with Gasteiger partial charge in [-0.15, -0.1) is 0 Å². The molecule has 8 heteroatoms. The van der Waals surface area contributed by atoms with E-state index in [-0.39, 0.29) is 18.4 Å². The van der Waals surface area contributed by atoms with Gasteiger partial charge >= 0.3 is 0 Å². The number of anilines is 1. The summed E-state index contributed by atoms with van der Waals surface area (Å²) in [4.78, 5) is 12.0. The van der Waals surface area contributed by atoms with E-state index >= 15 is 0 Å². The molecule has 0 bridgehead atoms. The van der Waals surface area contributed by atoms with E-state index in [2.05, 4.69) is 15.7 Å². The molecule has 140 valence electrons. The molecular weight excluding hydrogens is 356 g/mol. The maximum absolute atomic E-state index is 12.0. The topological polar surface area (TPSA) is 88.4 Å². The van der Waals surface area contributed by atoms with Crippen molar-refractivity contribution in [2.45, 2.75) is 12.8 Å². The van der Waals surface area contributed by atoms with Gasteiger partial charge in [-0.25, -0.2) is 0 Å². The number of hydrogen-bond donors (Lipinski definition) is 3. The maximum atomic E-state index is 12.0. The second-order valence-corrected chi connectivity index (χ2v) is 6.67. The molecule has 1 saturated carbocycles. The van der Waals surface area contributed by atoms with Crippen LogP contribution in [0.15, 0.2) is 24.4 Å². The average molecular weight is 379 g/mol. The predicted octanol–water partition coefficient (Wildman–Crippen LogP) is 2.05. The molecule has 1 heterocycles. The van der Waals surface area contributed by atoms with Crippen LogP contribution in [0.1, 0.15) is 12.8 Å². The second-order valence-electron chi connectivity index (χ2n) is 6.26. The number of nitrogens with one attached hydrogen (secondary N) is 2. The molecule has 1 amide bonds. The summed E-state index contributed by atoms with van der Waals surface area (Å²) in [5, 5.41) is 19.5. The van der Waals surface area contributed by atoms with Crippen molar-refractivity contribution in [1.29, 1.82) is 0 Å². The van der Waals surface area contributed by atoms with Gasteiger partial charge in [-0.1, -0.05) is 11.6 Å². The van der Waals surface area contributed by atoms with Crippen LogP contribution in [0.3, 0.4) is 0 Å². The van der Waals surface area contributed by atoms with Crippen LogP contribution in [0.2, 0.25) is 5.02 Å². The lowest BCUT2D eigenvalue weighted by molar-refractivity contribution is -0.117. The van der Waals surface area contributed by atoms with E-state index in [0.717, 1.165) is 24.1 Å². The third-order valence-corrected chi connectivity index (χ3v) is 4.45. The minimum Gasteiger partial charge on any atom is -0.492 e. The Morgan fingerprint density at radius 3 is 2.88 bits per heavy atom. The zero-order chi connectivity index (χ0) is 18.5. The van der Waals surface area contributed by atoms with E-state index in [1.807, 2.05) is 25.2 Å². The number of aliphatic hydroxyl groups is 1. The fraction of sp³-hybridized carbons (Fsp3) is 0.444. The summed E-state index contributed by atoms with van der Waals surface area (Å²) in [6, 6.07) is 5.51. The third kappa shape index (κ3) is 4.55. The van der Waals surface area contributed by atoms with Gasteiger partial charge < -0.3 is 20.5 Å². The Kier molecular flexibility index (Phi) is 6.13. The molecule has 3 N–H and O–H groups in total. The van der Waals surface area contributed by atoms with Crippen LogP contribution in [-0.2, 0) is 11.8 Å². The van der Waals surface area contributed by atoms with E-state index in [1.165, 1.54) is 0 Å². The lowest BCUT2D eigenvalue weighted by atomic mass is 10.1. The SMILES string of the molecule is Cn1ncc(Cl)c1-c1cc(NC(=O)C2CC2)ccc1OCCNCCO. The second kappa shape index (κ2) is 8.53. The summed E-state index contributed by atoms with van der Waals surface area (Å²) in [6.07, 6.45) is 3.49. The summed E-state index contributed by atoms with van der Waals surface area (Å²) in [5.74, 6) is 0.840.